The molecule has 2 nitrogen and oxygen atoms in total. The monoisotopic (exact) mass is 205 g/mol. The fourth-order valence-corrected chi connectivity index (χ4v) is 1.85. The van der Waals surface area contributed by atoms with Gasteiger partial charge in [0.15, 0.2) is 0 Å². The summed E-state index contributed by atoms with van der Waals surface area (Å²) >= 11 is 1.67. The predicted molar refractivity (Wildman–Crippen MR) is 57.6 cm³/mol. The summed E-state index contributed by atoms with van der Waals surface area (Å²) in [6, 6.07) is 9.81. The highest BCUT2D eigenvalue weighted by Crippen LogP contribution is 2.15. The van der Waals surface area contributed by atoms with Crippen LogP contribution in [0.15, 0.2) is 36.5 Å². The van der Waals surface area contributed by atoms with Crippen molar-refractivity contribution in [3.63, 3.8) is 0 Å². The summed E-state index contributed by atoms with van der Waals surface area (Å²) in [4.78, 5) is 5.33. The van der Waals surface area contributed by atoms with E-state index < -0.39 is 0 Å². The van der Waals surface area contributed by atoms with E-state index in [0.29, 0.717) is 6.61 Å². The third-order valence-electron chi connectivity index (χ3n) is 1.79. The number of aromatic nitrogens is 1. The second-order valence-corrected chi connectivity index (χ2v) is 4.27. The summed E-state index contributed by atoms with van der Waals surface area (Å²) in [7, 11) is 0. The maximum absolute atomic E-state index is 5.58. The number of benzene rings is 1. The summed E-state index contributed by atoms with van der Waals surface area (Å²) in [6.45, 7) is 2.60. The molecular formula is C11H11NOS. The van der Waals surface area contributed by atoms with Crippen LogP contribution in [0.1, 0.15) is 9.88 Å². The second kappa shape index (κ2) is 4.24. The molecule has 0 amide bonds. The van der Waals surface area contributed by atoms with Gasteiger partial charge in [0.25, 0.3) is 0 Å². The van der Waals surface area contributed by atoms with Gasteiger partial charge in [0.05, 0.1) is 9.88 Å². The largest absolute Gasteiger partial charge is 0.488 e. The van der Waals surface area contributed by atoms with E-state index in [4.69, 9.17) is 4.74 Å². The minimum Gasteiger partial charge on any atom is -0.488 e. The van der Waals surface area contributed by atoms with E-state index >= 15 is 0 Å². The van der Waals surface area contributed by atoms with Crippen molar-refractivity contribution in [1.29, 1.82) is 0 Å². The average Bonchev–Trinajstić information content (AvgIpc) is 2.63. The van der Waals surface area contributed by atoms with Gasteiger partial charge >= 0.3 is 0 Å². The Morgan fingerprint density at radius 1 is 1.29 bits per heavy atom. The van der Waals surface area contributed by atoms with Crippen LogP contribution in [-0.4, -0.2) is 4.98 Å². The molecule has 0 aliphatic heterocycles. The lowest BCUT2D eigenvalue weighted by atomic mass is 10.3. The number of rotatable bonds is 3. The number of hydrogen-bond donors (Lipinski definition) is 0. The van der Waals surface area contributed by atoms with E-state index in [1.807, 2.05) is 43.5 Å². The maximum atomic E-state index is 5.58. The minimum absolute atomic E-state index is 0.607. The molecule has 0 spiro atoms. The van der Waals surface area contributed by atoms with Crippen LogP contribution in [0.25, 0.3) is 0 Å². The molecule has 0 aliphatic carbocycles. The highest BCUT2D eigenvalue weighted by Gasteiger charge is 1.98. The summed E-state index contributed by atoms with van der Waals surface area (Å²) in [5.74, 6) is 0.901. The molecule has 0 unspecified atom stereocenters. The smallest absolute Gasteiger partial charge is 0.124 e. The van der Waals surface area contributed by atoms with E-state index in [9.17, 15) is 0 Å². The molecule has 2 aromatic rings. The van der Waals surface area contributed by atoms with Crippen LogP contribution in [0, 0.1) is 6.92 Å². The normalized spacial score (nSPS) is 10.1. The quantitative estimate of drug-likeness (QED) is 0.768. The van der Waals surface area contributed by atoms with Crippen LogP contribution in [0.5, 0.6) is 5.75 Å². The number of para-hydroxylation sites is 1. The molecule has 2 rings (SSSR count). The fraction of sp³-hybridized carbons (Fsp3) is 0.182. The summed E-state index contributed by atoms with van der Waals surface area (Å²) < 4.78 is 5.58. The molecule has 1 heterocycles. The second-order valence-electron chi connectivity index (χ2n) is 2.95. The first-order valence-electron chi connectivity index (χ1n) is 4.44. The SMILES string of the molecule is Cc1ncc(COc2ccccc2)s1. The lowest BCUT2D eigenvalue weighted by Gasteiger charge is -2.02. The molecule has 0 bridgehead atoms. The van der Waals surface area contributed by atoms with Crippen molar-refractivity contribution in [2.24, 2.45) is 0 Å². The van der Waals surface area contributed by atoms with Crippen LogP contribution in [0.3, 0.4) is 0 Å². The van der Waals surface area contributed by atoms with Crippen LogP contribution in [0.2, 0.25) is 0 Å². The average molecular weight is 205 g/mol. The molecule has 0 atom stereocenters. The Labute approximate surface area is 87.2 Å². The lowest BCUT2D eigenvalue weighted by Crippen LogP contribution is -1.91. The van der Waals surface area contributed by atoms with E-state index in [1.54, 1.807) is 11.3 Å². The molecule has 0 radical (unpaired) electrons. The number of aryl methyl sites for hydroxylation is 1. The Balaban J connectivity index is 1.95. The Morgan fingerprint density at radius 2 is 2.07 bits per heavy atom. The van der Waals surface area contributed by atoms with Gasteiger partial charge in [0.2, 0.25) is 0 Å². The van der Waals surface area contributed by atoms with Gasteiger partial charge in [-0.05, 0) is 19.1 Å². The first kappa shape index (κ1) is 9.21. The van der Waals surface area contributed by atoms with Gasteiger partial charge in [0.1, 0.15) is 12.4 Å². The van der Waals surface area contributed by atoms with Crippen molar-refractivity contribution in [3.8, 4) is 5.75 Å². The molecule has 14 heavy (non-hydrogen) atoms. The Kier molecular flexibility index (Phi) is 2.79. The topological polar surface area (TPSA) is 22.1 Å². The van der Waals surface area contributed by atoms with Gasteiger partial charge in [-0.3, -0.25) is 0 Å². The predicted octanol–water partition coefficient (Wildman–Crippen LogP) is 3.03. The molecule has 0 fully saturated rings. The van der Waals surface area contributed by atoms with E-state index in [0.717, 1.165) is 15.6 Å². The van der Waals surface area contributed by atoms with Gasteiger partial charge in [-0.1, -0.05) is 18.2 Å². The van der Waals surface area contributed by atoms with Gasteiger partial charge in [-0.25, -0.2) is 4.98 Å². The molecule has 0 N–H and O–H groups in total. The lowest BCUT2D eigenvalue weighted by molar-refractivity contribution is 0.309. The zero-order chi connectivity index (χ0) is 9.80. The van der Waals surface area contributed by atoms with Gasteiger partial charge < -0.3 is 4.74 Å². The van der Waals surface area contributed by atoms with Crippen molar-refractivity contribution < 1.29 is 4.74 Å². The highest BCUT2D eigenvalue weighted by atomic mass is 32.1. The first-order valence-corrected chi connectivity index (χ1v) is 5.25. The maximum Gasteiger partial charge on any atom is 0.124 e. The first-order chi connectivity index (χ1) is 6.84. The van der Waals surface area contributed by atoms with Crippen LogP contribution in [-0.2, 0) is 6.61 Å². The molecule has 1 aromatic heterocycles. The number of ether oxygens (including phenoxy) is 1. The van der Waals surface area contributed by atoms with Crippen molar-refractivity contribution in [1.82, 2.24) is 4.98 Å². The van der Waals surface area contributed by atoms with Gasteiger partial charge in [0, 0.05) is 6.20 Å². The zero-order valence-electron chi connectivity index (χ0n) is 7.93. The molecule has 0 aliphatic rings. The molecule has 0 saturated heterocycles. The summed E-state index contributed by atoms with van der Waals surface area (Å²) in [5.41, 5.74) is 0. The molecule has 3 heteroatoms. The van der Waals surface area contributed by atoms with E-state index in [-0.39, 0.29) is 0 Å². The molecule has 1 aromatic carbocycles. The van der Waals surface area contributed by atoms with E-state index in [2.05, 4.69) is 4.98 Å². The van der Waals surface area contributed by atoms with Crippen molar-refractivity contribution in [2.75, 3.05) is 0 Å². The Morgan fingerprint density at radius 3 is 2.71 bits per heavy atom. The van der Waals surface area contributed by atoms with Gasteiger partial charge in [-0.2, -0.15) is 0 Å². The van der Waals surface area contributed by atoms with E-state index in [1.165, 1.54) is 0 Å². The Bertz CT molecular complexity index is 397. The third kappa shape index (κ3) is 2.33. The number of nitrogens with zero attached hydrogens (tertiary/aromatic N) is 1. The van der Waals surface area contributed by atoms with Crippen LogP contribution >= 0.6 is 11.3 Å². The standard InChI is InChI=1S/C11H11NOS/c1-9-12-7-11(14-9)8-13-10-5-3-2-4-6-10/h2-7H,8H2,1H3. The minimum atomic E-state index is 0.607. The van der Waals surface area contributed by atoms with Crippen molar-refractivity contribution >= 4 is 11.3 Å². The molecular weight excluding hydrogens is 194 g/mol. The summed E-state index contributed by atoms with van der Waals surface area (Å²) in [6.07, 6.45) is 1.86. The Hall–Kier alpha value is -1.35. The number of thiazole rings is 1. The van der Waals surface area contributed by atoms with Crippen molar-refractivity contribution in [3.05, 3.63) is 46.4 Å². The third-order valence-corrected chi connectivity index (χ3v) is 2.68. The van der Waals surface area contributed by atoms with Gasteiger partial charge in [-0.15, -0.1) is 11.3 Å². The molecule has 0 saturated carbocycles. The zero-order valence-corrected chi connectivity index (χ0v) is 8.75. The van der Waals surface area contributed by atoms with Crippen LogP contribution in [0.4, 0.5) is 0 Å². The van der Waals surface area contributed by atoms with Crippen molar-refractivity contribution in [2.45, 2.75) is 13.5 Å². The van der Waals surface area contributed by atoms with Crippen LogP contribution < -0.4 is 4.74 Å². The fourth-order valence-electron chi connectivity index (χ4n) is 1.14. The number of hydrogen-bond acceptors (Lipinski definition) is 3. The molecule has 72 valence electrons. The highest BCUT2D eigenvalue weighted by molar-refractivity contribution is 7.11. The summed E-state index contributed by atoms with van der Waals surface area (Å²) in [5, 5.41) is 1.08.